The molecule has 2 aliphatic heterocycles. The Bertz CT molecular complexity index is 1290. The Morgan fingerprint density at radius 2 is 1.41 bits per heavy atom. The topological polar surface area (TPSA) is 24.8 Å². The Morgan fingerprint density at radius 3 is 2.12 bits per heavy atom. The van der Waals surface area contributed by atoms with Gasteiger partial charge in [0.2, 0.25) is 6.23 Å². The van der Waals surface area contributed by atoms with Gasteiger partial charge in [-0.15, -0.1) is 0 Å². The zero-order valence-corrected chi connectivity index (χ0v) is 18.9. The van der Waals surface area contributed by atoms with E-state index in [0.717, 1.165) is 33.5 Å². The first-order valence-electron chi connectivity index (χ1n) is 10.8. The van der Waals surface area contributed by atoms with Gasteiger partial charge < -0.3 is 4.74 Å². The summed E-state index contributed by atoms with van der Waals surface area (Å²) >= 11 is 3.63. The van der Waals surface area contributed by atoms with Crippen molar-refractivity contribution in [2.45, 2.75) is 18.7 Å². The van der Waals surface area contributed by atoms with Crippen molar-refractivity contribution in [1.82, 2.24) is 5.01 Å². The molecule has 0 aromatic heterocycles. The van der Waals surface area contributed by atoms with Gasteiger partial charge in [-0.25, -0.2) is 5.01 Å². The van der Waals surface area contributed by atoms with Crippen molar-refractivity contribution in [3.63, 3.8) is 0 Å². The number of rotatable bonds is 3. The maximum Gasteiger partial charge on any atom is 0.213 e. The molecule has 2 atom stereocenters. The number of hydrogen-bond acceptors (Lipinski definition) is 3. The Morgan fingerprint density at radius 1 is 0.750 bits per heavy atom. The van der Waals surface area contributed by atoms with E-state index in [1.54, 1.807) is 0 Å². The average molecular weight is 481 g/mol. The molecule has 0 fully saturated rings. The number of nitrogens with zero attached hydrogens (tertiary/aromatic N) is 2. The van der Waals surface area contributed by atoms with Gasteiger partial charge in [-0.1, -0.05) is 101 Å². The maximum atomic E-state index is 6.51. The van der Waals surface area contributed by atoms with Crippen molar-refractivity contribution in [1.29, 1.82) is 0 Å². The molecule has 2 aliphatic rings. The Labute approximate surface area is 196 Å². The van der Waals surface area contributed by atoms with Crippen molar-refractivity contribution in [2.24, 2.45) is 5.10 Å². The van der Waals surface area contributed by atoms with Gasteiger partial charge in [0, 0.05) is 22.0 Å². The third kappa shape index (κ3) is 3.41. The molecule has 2 unspecified atom stereocenters. The molecule has 0 aliphatic carbocycles. The van der Waals surface area contributed by atoms with E-state index in [1.165, 1.54) is 16.7 Å². The average Bonchev–Trinajstić information content (AvgIpc) is 3.31. The fourth-order valence-electron chi connectivity index (χ4n) is 4.55. The van der Waals surface area contributed by atoms with Crippen molar-refractivity contribution in [3.8, 4) is 16.9 Å². The summed E-state index contributed by atoms with van der Waals surface area (Å²) in [6, 6.07) is 35.9. The molecule has 4 aromatic rings. The van der Waals surface area contributed by atoms with Crippen molar-refractivity contribution < 1.29 is 4.74 Å². The lowest BCUT2D eigenvalue weighted by atomic mass is 9.95. The quantitative estimate of drug-likeness (QED) is 0.306. The highest BCUT2D eigenvalue weighted by Gasteiger charge is 2.41. The second-order valence-electron chi connectivity index (χ2n) is 8.15. The van der Waals surface area contributed by atoms with Crippen LogP contribution in [0.5, 0.6) is 5.75 Å². The molecule has 4 heteroatoms. The zero-order valence-electron chi connectivity index (χ0n) is 17.4. The van der Waals surface area contributed by atoms with Gasteiger partial charge in [-0.05, 0) is 34.9 Å². The Balaban J connectivity index is 1.40. The third-order valence-electron chi connectivity index (χ3n) is 6.16. The molecule has 2 heterocycles. The molecule has 156 valence electrons. The smallest absolute Gasteiger partial charge is 0.213 e. The molecule has 0 radical (unpaired) electrons. The predicted molar refractivity (Wildman–Crippen MR) is 132 cm³/mol. The Kier molecular flexibility index (Phi) is 4.80. The molecule has 6 rings (SSSR count). The second kappa shape index (κ2) is 7.95. The molecule has 0 amide bonds. The van der Waals surface area contributed by atoms with E-state index in [4.69, 9.17) is 9.84 Å². The van der Waals surface area contributed by atoms with Gasteiger partial charge >= 0.3 is 0 Å². The lowest BCUT2D eigenvalue weighted by Crippen LogP contribution is -2.33. The molecule has 0 saturated carbocycles. The van der Waals surface area contributed by atoms with Gasteiger partial charge in [0.1, 0.15) is 5.75 Å². The highest BCUT2D eigenvalue weighted by Crippen LogP contribution is 2.48. The molecule has 0 bridgehead atoms. The number of halogens is 1. The van der Waals surface area contributed by atoms with Gasteiger partial charge in [0.25, 0.3) is 0 Å². The molecule has 32 heavy (non-hydrogen) atoms. The first-order valence-corrected chi connectivity index (χ1v) is 11.6. The van der Waals surface area contributed by atoms with E-state index in [9.17, 15) is 0 Å². The molecule has 0 spiro atoms. The van der Waals surface area contributed by atoms with Crippen LogP contribution < -0.4 is 4.74 Å². The lowest BCUT2D eigenvalue weighted by Gasteiger charge is -2.38. The van der Waals surface area contributed by atoms with Gasteiger partial charge in [-0.3, -0.25) is 0 Å². The summed E-state index contributed by atoms with van der Waals surface area (Å²) in [6.45, 7) is 0. The Hall–Kier alpha value is -3.37. The van der Waals surface area contributed by atoms with E-state index in [0.29, 0.717) is 0 Å². The second-order valence-corrected chi connectivity index (χ2v) is 9.07. The standard InChI is InChI=1S/C28H21BrN2O/c29-23-15-16-27-24(17-23)26-18-25(21-9-5-2-6-10-21)30-31(26)28(32-27)22-13-11-20(12-14-22)19-7-3-1-4-8-19/h1-17,26,28H,18H2. The first-order chi connectivity index (χ1) is 15.8. The first kappa shape index (κ1) is 19.3. The summed E-state index contributed by atoms with van der Waals surface area (Å²) < 4.78 is 7.57. The van der Waals surface area contributed by atoms with E-state index in [-0.39, 0.29) is 12.3 Å². The van der Waals surface area contributed by atoms with Crippen molar-refractivity contribution >= 4 is 21.6 Å². The van der Waals surface area contributed by atoms with Crippen LogP contribution in [0.3, 0.4) is 0 Å². The monoisotopic (exact) mass is 480 g/mol. The minimum absolute atomic E-state index is 0.144. The summed E-state index contributed by atoms with van der Waals surface area (Å²) in [7, 11) is 0. The molecule has 0 saturated heterocycles. The minimum atomic E-state index is -0.264. The van der Waals surface area contributed by atoms with E-state index in [1.807, 2.05) is 18.2 Å². The summed E-state index contributed by atoms with van der Waals surface area (Å²) in [5, 5.41) is 7.19. The summed E-state index contributed by atoms with van der Waals surface area (Å²) in [4.78, 5) is 0. The predicted octanol–water partition coefficient (Wildman–Crippen LogP) is 7.36. The maximum absolute atomic E-state index is 6.51. The van der Waals surface area contributed by atoms with Crippen LogP contribution in [-0.4, -0.2) is 10.7 Å². The van der Waals surface area contributed by atoms with Crippen LogP contribution in [0, 0.1) is 0 Å². The fraction of sp³-hybridized carbons (Fsp3) is 0.107. The van der Waals surface area contributed by atoms with Crippen LogP contribution in [0.15, 0.2) is 113 Å². The number of benzene rings is 4. The minimum Gasteiger partial charge on any atom is -0.464 e. The van der Waals surface area contributed by atoms with Crippen LogP contribution >= 0.6 is 15.9 Å². The number of fused-ring (bicyclic) bond motifs is 3. The summed E-state index contributed by atoms with van der Waals surface area (Å²) in [5.41, 5.74) is 6.94. The van der Waals surface area contributed by atoms with Crippen LogP contribution in [0.4, 0.5) is 0 Å². The van der Waals surface area contributed by atoms with Gasteiger partial charge in [0.15, 0.2) is 0 Å². The largest absolute Gasteiger partial charge is 0.464 e. The van der Waals surface area contributed by atoms with E-state index < -0.39 is 0 Å². The van der Waals surface area contributed by atoms with Gasteiger partial charge in [0.05, 0.1) is 11.8 Å². The summed E-state index contributed by atoms with van der Waals surface area (Å²) in [5.74, 6) is 0.927. The van der Waals surface area contributed by atoms with E-state index in [2.05, 4.69) is 106 Å². The molecule has 4 aromatic carbocycles. The third-order valence-corrected chi connectivity index (χ3v) is 6.66. The fourth-order valence-corrected chi connectivity index (χ4v) is 4.93. The highest BCUT2D eigenvalue weighted by molar-refractivity contribution is 9.10. The summed E-state index contributed by atoms with van der Waals surface area (Å²) in [6.07, 6.45) is 0.592. The highest BCUT2D eigenvalue weighted by atomic mass is 79.9. The number of hydrazone groups is 1. The number of ether oxygens (including phenoxy) is 1. The van der Waals surface area contributed by atoms with Gasteiger partial charge in [-0.2, -0.15) is 5.10 Å². The SMILES string of the molecule is Brc1ccc2c(c1)C1CC(c3ccccc3)=NN1C(c1ccc(-c3ccccc3)cc1)O2. The van der Waals surface area contributed by atoms with Crippen LogP contribution in [-0.2, 0) is 0 Å². The van der Waals surface area contributed by atoms with Crippen molar-refractivity contribution in [2.75, 3.05) is 0 Å². The van der Waals surface area contributed by atoms with Crippen molar-refractivity contribution in [3.05, 3.63) is 124 Å². The zero-order chi connectivity index (χ0) is 21.5. The van der Waals surface area contributed by atoms with Crippen LogP contribution in [0.2, 0.25) is 0 Å². The van der Waals surface area contributed by atoms with Crippen LogP contribution in [0.1, 0.15) is 35.4 Å². The molecule has 0 N–H and O–H groups in total. The normalized spacial score (nSPS) is 19.0. The van der Waals surface area contributed by atoms with Crippen LogP contribution in [0.25, 0.3) is 11.1 Å². The molecular formula is C28H21BrN2O. The molecule has 3 nitrogen and oxygen atoms in total. The number of hydrogen-bond donors (Lipinski definition) is 0. The lowest BCUT2D eigenvalue weighted by molar-refractivity contribution is -0.0190. The molecular weight excluding hydrogens is 460 g/mol. The van der Waals surface area contributed by atoms with E-state index >= 15 is 0 Å².